The molecule has 1 aromatic heterocycles. The Morgan fingerprint density at radius 1 is 1.39 bits per heavy atom. The Morgan fingerprint density at radius 3 is 2.94 bits per heavy atom. The number of nitrogens with one attached hydrogen (secondary N) is 2. The molecule has 1 atom stereocenters. The predicted octanol–water partition coefficient (Wildman–Crippen LogP) is 1.82. The van der Waals surface area contributed by atoms with E-state index in [0.717, 1.165) is 24.6 Å². The number of morpholine rings is 1. The van der Waals surface area contributed by atoms with Gasteiger partial charge < -0.3 is 25.0 Å². The number of rotatable bonds is 7. The third-order valence-corrected chi connectivity index (χ3v) is 4.79. The molecule has 0 saturated carbocycles. The summed E-state index contributed by atoms with van der Waals surface area (Å²) in [7, 11) is 3.48. The Hall–Kier alpha value is -2.34. The molecule has 0 bridgehead atoms. The van der Waals surface area contributed by atoms with E-state index in [0.29, 0.717) is 37.6 Å². The van der Waals surface area contributed by atoms with Crippen molar-refractivity contribution in [3.8, 4) is 5.75 Å². The van der Waals surface area contributed by atoms with Crippen LogP contribution >= 0.6 is 24.0 Å². The van der Waals surface area contributed by atoms with Crippen LogP contribution in [0.4, 0.5) is 0 Å². The third-order valence-electron chi connectivity index (χ3n) is 4.79. The van der Waals surface area contributed by atoms with Crippen molar-refractivity contribution < 1.29 is 14.3 Å². The van der Waals surface area contributed by atoms with Crippen molar-refractivity contribution in [3.05, 3.63) is 47.8 Å². The zero-order valence-corrected chi connectivity index (χ0v) is 20.5. The molecular formula is C21H31IN6O3. The van der Waals surface area contributed by atoms with Gasteiger partial charge in [-0.2, -0.15) is 5.10 Å². The van der Waals surface area contributed by atoms with Gasteiger partial charge in [-0.1, -0.05) is 6.07 Å². The Kier molecular flexibility index (Phi) is 10.0. The number of amides is 1. The third kappa shape index (κ3) is 7.10. The van der Waals surface area contributed by atoms with Crippen LogP contribution in [0.1, 0.15) is 28.9 Å². The summed E-state index contributed by atoms with van der Waals surface area (Å²) in [4.78, 5) is 19.2. The van der Waals surface area contributed by atoms with Gasteiger partial charge >= 0.3 is 0 Å². The Balaban J connectivity index is 0.00000341. The maximum absolute atomic E-state index is 12.3. The quantitative estimate of drug-likeness (QED) is 0.240. The van der Waals surface area contributed by atoms with E-state index in [9.17, 15) is 4.79 Å². The monoisotopic (exact) mass is 542 g/mol. The standard InChI is InChI=1S/C21H30N6O3.HI/c1-4-22-21(27-10-11-30-19(15-27)17-13-25-26(2)14-17)24-9-8-23-20(28)16-6-5-7-18(12-16)29-3;/h5-7,12-14,19H,4,8-11,15H2,1-3H3,(H,22,24)(H,23,28);1H. The molecule has 1 aliphatic heterocycles. The van der Waals surface area contributed by atoms with Crippen LogP contribution in [0.3, 0.4) is 0 Å². The van der Waals surface area contributed by atoms with Crippen molar-refractivity contribution in [3.63, 3.8) is 0 Å². The second kappa shape index (κ2) is 12.5. The van der Waals surface area contributed by atoms with Gasteiger partial charge in [0.2, 0.25) is 0 Å². The van der Waals surface area contributed by atoms with Gasteiger partial charge in [0, 0.05) is 44.0 Å². The molecule has 10 heteroatoms. The number of benzene rings is 1. The molecule has 2 aromatic rings. The van der Waals surface area contributed by atoms with Crippen LogP contribution in [-0.4, -0.2) is 73.0 Å². The first-order chi connectivity index (χ1) is 14.6. The van der Waals surface area contributed by atoms with Crippen molar-refractivity contribution in [1.82, 2.24) is 25.3 Å². The number of hydrogen-bond acceptors (Lipinski definition) is 5. The van der Waals surface area contributed by atoms with Gasteiger partial charge in [0.05, 0.1) is 33.0 Å². The van der Waals surface area contributed by atoms with E-state index in [4.69, 9.17) is 9.47 Å². The molecule has 1 aromatic carbocycles. The molecule has 1 unspecified atom stereocenters. The summed E-state index contributed by atoms with van der Waals surface area (Å²) in [6.07, 6.45) is 3.78. The van der Waals surface area contributed by atoms with Crippen LogP contribution in [0.2, 0.25) is 0 Å². The fourth-order valence-electron chi connectivity index (χ4n) is 3.27. The van der Waals surface area contributed by atoms with Gasteiger partial charge in [0.1, 0.15) is 11.9 Å². The lowest BCUT2D eigenvalue weighted by molar-refractivity contribution is -0.00803. The first kappa shape index (κ1) is 24.9. The number of methoxy groups -OCH3 is 1. The number of carbonyl (C=O) groups is 1. The second-order valence-corrected chi connectivity index (χ2v) is 6.98. The fourth-order valence-corrected chi connectivity index (χ4v) is 3.27. The zero-order valence-electron chi connectivity index (χ0n) is 18.2. The maximum atomic E-state index is 12.3. The second-order valence-electron chi connectivity index (χ2n) is 6.98. The number of ether oxygens (including phenoxy) is 2. The van der Waals surface area contributed by atoms with E-state index in [-0.39, 0.29) is 36.0 Å². The Bertz CT molecular complexity index is 872. The lowest BCUT2D eigenvalue weighted by Crippen LogP contribution is -2.48. The summed E-state index contributed by atoms with van der Waals surface area (Å²) < 4.78 is 12.9. The highest BCUT2D eigenvalue weighted by molar-refractivity contribution is 14.0. The molecule has 0 aliphatic carbocycles. The molecule has 1 saturated heterocycles. The topological polar surface area (TPSA) is 93.0 Å². The number of guanidine groups is 1. The van der Waals surface area contributed by atoms with Gasteiger partial charge in [0.15, 0.2) is 5.96 Å². The van der Waals surface area contributed by atoms with Gasteiger partial charge in [-0.25, -0.2) is 0 Å². The highest BCUT2D eigenvalue weighted by atomic mass is 127. The molecule has 1 amide bonds. The van der Waals surface area contributed by atoms with E-state index in [1.165, 1.54) is 0 Å². The highest BCUT2D eigenvalue weighted by Gasteiger charge is 2.25. The van der Waals surface area contributed by atoms with Crippen molar-refractivity contribution in [2.45, 2.75) is 13.0 Å². The maximum Gasteiger partial charge on any atom is 0.251 e. The molecule has 9 nitrogen and oxygen atoms in total. The number of aryl methyl sites for hydroxylation is 1. The van der Waals surface area contributed by atoms with Crippen LogP contribution in [0.15, 0.2) is 41.7 Å². The summed E-state index contributed by atoms with van der Waals surface area (Å²) in [5, 5.41) is 10.5. The van der Waals surface area contributed by atoms with Crippen LogP contribution in [0, 0.1) is 0 Å². The predicted molar refractivity (Wildman–Crippen MR) is 130 cm³/mol. The summed E-state index contributed by atoms with van der Waals surface area (Å²) in [6.45, 7) is 5.82. The molecule has 0 spiro atoms. The van der Waals surface area contributed by atoms with E-state index < -0.39 is 0 Å². The molecule has 170 valence electrons. The summed E-state index contributed by atoms with van der Waals surface area (Å²) in [5.41, 5.74) is 1.63. The SMILES string of the molecule is CCNC(=NCCNC(=O)c1cccc(OC)c1)N1CCOC(c2cnn(C)c2)C1.I. The zero-order chi connectivity index (χ0) is 21.3. The van der Waals surface area contributed by atoms with Gasteiger partial charge in [-0.05, 0) is 25.1 Å². The highest BCUT2D eigenvalue weighted by Crippen LogP contribution is 2.21. The fraction of sp³-hybridized carbons (Fsp3) is 0.476. The molecule has 31 heavy (non-hydrogen) atoms. The summed E-state index contributed by atoms with van der Waals surface area (Å²) >= 11 is 0. The average molecular weight is 542 g/mol. The Labute approximate surface area is 200 Å². The van der Waals surface area contributed by atoms with Crippen molar-refractivity contribution in [2.75, 3.05) is 46.4 Å². The average Bonchev–Trinajstić information content (AvgIpc) is 3.22. The summed E-state index contributed by atoms with van der Waals surface area (Å²) in [6, 6.07) is 7.09. The number of aliphatic imine (C=N–C) groups is 1. The smallest absolute Gasteiger partial charge is 0.251 e. The molecule has 1 aliphatic rings. The van der Waals surface area contributed by atoms with Crippen LogP contribution in [0.25, 0.3) is 0 Å². The van der Waals surface area contributed by atoms with Gasteiger partial charge in [0.25, 0.3) is 5.91 Å². The van der Waals surface area contributed by atoms with Gasteiger partial charge in [-0.15, -0.1) is 24.0 Å². The number of halogens is 1. The van der Waals surface area contributed by atoms with E-state index in [1.807, 2.05) is 32.4 Å². The van der Waals surface area contributed by atoms with E-state index in [1.54, 1.807) is 30.0 Å². The van der Waals surface area contributed by atoms with E-state index >= 15 is 0 Å². The number of hydrogen-bond donors (Lipinski definition) is 2. The van der Waals surface area contributed by atoms with Crippen LogP contribution in [0.5, 0.6) is 5.75 Å². The molecule has 3 rings (SSSR count). The molecule has 0 radical (unpaired) electrons. The minimum Gasteiger partial charge on any atom is -0.497 e. The largest absolute Gasteiger partial charge is 0.497 e. The minimum atomic E-state index is -0.142. The number of nitrogens with zero attached hydrogens (tertiary/aromatic N) is 4. The molecule has 1 fully saturated rings. The van der Waals surface area contributed by atoms with Crippen LogP contribution in [-0.2, 0) is 11.8 Å². The lowest BCUT2D eigenvalue weighted by atomic mass is 10.1. The molecule has 2 N–H and O–H groups in total. The summed E-state index contributed by atoms with van der Waals surface area (Å²) in [5.74, 6) is 1.34. The molecule has 2 heterocycles. The normalized spacial score (nSPS) is 16.4. The Morgan fingerprint density at radius 2 is 2.23 bits per heavy atom. The first-order valence-electron chi connectivity index (χ1n) is 10.2. The lowest BCUT2D eigenvalue weighted by Gasteiger charge is -2.34. The molecular weight excluding hydrogens is 511 g/mol. The number of aromatic nitrogens is 2. The van der Waals surface area contributed by atoms with Crippen LogP contribution < -0.4 is 15.4 Å². The van der Waals surface area contributed by atoms with E-state index in [2.05, 4.69) is 25.6 Å². The van der Waals surface area contributed by atoms with Gasteiger partial charge in [-0.3, -0.25) is 14.5 Å². The minimum absolute atomic E-state index is 0. The van der Waals surface area contributed by atoms with Crippen molar-refractivity contribution in [1.29, 1.82) is 0 Å². The van der Waals surface area contributed by atoms with Crippen molar-refractivity contribution in [2.24, 2.45) is 12.0 Å². The van der Waals surface area contributed by atoms with Crippen molar-refractivity contribution >= 4 is 35.8 Å². The first-order valence-corrected chi connectivity index (χ1v) is 10.2. The number of carbonyl (C=O) groups excluding carboxylic acids is 1.